The summed E-state index contributed by atoms with van der Waals surface area (Å²) in [6, 6.07) is 10.4. The molecule has 1 aromatic heterocycles. The van der Waals surface area contributed by atoms with E-state index in [1.165, 1.54) is 5.56 Å². The topological polar surface area (TPSA) is 47.1 Å². The van der Waals surface area contributed by atoms with Crippen molar-refractivity contribution in [3.05, 3.63) is 52.8 Å². The van der Waals surface area contributed by atoms with Gasteiger partial charge in [0.1, 0.15) is 0 Å². The van der Waals surface area contributed by atoms with Gasteiger partial charge in [-0.15, -0.1) is 12.4 Å². The molecule has 4 nitrogen and oxygen atoms in total. The van der Waals surface area contributed by atoms with E-state index in [1.807, 2.05) is 29.9 Å². The van der Waals surface area contributed by atoms with Crippen molar-refractivity contribution in [3.8, 4) is 0 Å². The smallest absolute Gasteiger partial charge is 0.0831 e. The van der Waals surface area contributed by atoms with Gasteiger partial charge in [0.25, 0.3) is 0 Å². The number of hydrogen-bond donors (Lipinski definition) is 1. The van der Waals surface area contributed by atoms with Gasteiger partial charge in [-0.25, -0.2) is 0 Å². The van der Waals surface area contributed by atoms with Crippen LogP contribution in [0, 0.1) is 0 Å². The molecular weight excluding hydrogens is 295 g/mol. The summed E-state index contributed by atoms with van der Waals surface area (Å²) in [5, 5.41) is 4.87. The molecule has 0 spiro atoms. The highest BCUT2D eigenvalue weighted by Gasteiger charge is 2.12. The van der Waals surface area contributed by atoms with Gasteiger partial charge in [-0.2, -0.15) is 5.10 Å². The lowest BCUT2D eigenvalue weighted by Crippen LogP contribution is -2.29. The lowest BCUT2D eigenvalue weighted by Gasteiger charge is -2.22. The van der Waals surface area contributed by atoms with Crippen molar-refractivity contribution < 1.29 is 0 Å². The summed E-state index contributed by atoms with van der Waals surface area (Å²) in [4.78, 5) is 2.28. The van der Waals surface area contributed by atoms with Crippen LogP contribution in [0.15, 0.2) is 36.5 Å². The van der Waals surface area contributed by atoms with Crippen molar-refractivity contribution in [3.63, 3.8) is 0 Å². The highest BCUT2D eigenvalue weighted by atomic mass is 35.5. The van der Waals surface area contributed by atoms with Gasteiger partial charge in [0, 0.05) is 33.2 Å². The van der Waals surface area contributed by atoms with E-state index in [-0.39, 0.29) is 12.4 Å². The summed E-state index contributed by atoms with van der Waals surface area (Å²) in [5.41, 5.74) is 7.98. The molecule has 0 saturated heterocycles. The van der Waals surface area contributed by atoms with E-state index in [0.29, 0.717) is 11.6 Å². The summed E-state index contributed by atoms with van der Waals surface area (Å²) < 4.78 is 1.82. The predicted octanol–water partition coefficient (Wildman–Crippen LogP) is 2.46. The van der Waals surface area contributed by atoms with Crippen LogP contribution in [-0.2, 0) is 20.1 Å². The maximum absolute atomic E-state index is 6.15. The van der Waals surface area contributed by atoms with E-state index in [1.54, 1.807) is 6.20 Å². The minimum absolute atomic E-state index is 0. The van der Waals surface area contributed by atoms with Gasteiger partial charge in [0.2, 0.25) is 0 Å². The molecule has 0 aliphatic heterocycles. The molecule has 6 heteroatoms. The zero-order chi connectivity index (χ0) is 13.7. The molecule has 0 fully saturated rings. The monoisotopic (exact) mass is 314 g/mol. The summed E-state index contributed by atoms with van der Waals surface area (Å²) in [5.74, 6) is 0. The lowest BCUT2D eigenvalue weighted by molar-refractivity contribution is 0.257. The first kappa shape index (κ1) is 17.0. The molecule has 110 valence electrons. The van der Waals surface area contributed by atoms with E-state index >= 15 is 0 Å². The molecule has 20 heavy (non-hydrogen) atoms. The Morgan fingerprint density at radius 2 is 1.95 bits per heavy atom. The molecule has 1 heterocycles. The van der Waals surface area contributed by atoms with Crippen molar-refractivity contribution in [1.29, 1.82) is 0 Å². The van der Waals surface area contributed by atoms with Gasteiger partial charge in [-0.1, -0.05) is 41.9 Å². The minimum Gasteiger partial charge on any atom is -0.329 e. The van der Waals surface area contributed by atoms with Crippen LogP contribution in [0.1, 0.15) is 11.3 Å². The Hall–Kier alpha value is -1.07. The van der Waals surface area contributed by atoms with Crippen LogP contribution >= 0.6 is 24.0 Å². The summed E-state index contributed by atoms with van der Waals surface area (Å²) in [7, 11) is 1.91. The maximum Gasteiger partial charge on any atom is 0.0831 e. The third-order valence-electron chi connectivity index (χ3n) is 3.08. The van der Waals surface area contributed by atoms with E-state index in [2.05, 4.69) is 22.1 Å². The average Bonchev–Trinajstić information content (AvgIpc) is 2.72. The van der Waals surface area contributed by atoms with Crippen molar-refractivity contribution in [1.82, 2.24) is 14.7 Å². The molecule has 2 N–H and O–H groups in total. The highest BCUT2D eigenvalue weighted by Crippen LogP contribution is 2.17. The quantitative estimate of drug-likeness (QED) is 0.891. The Morgan fingerprint density at radius 1 is 1.25 bits per heavy atom. The van der Waals surface area contributed by atoms with Crippen LogP contribution in [0.5, 0.6) is 0 Å². The third kappa shape index (κ3) is 4.49. The van der Waals surface area contributed by atoms with Crippen molar-refractivity contribution in [2.24, 2.45) is 12.8 Å². The Bertz CT molecular complexity index is 494. The average molecular weight is 315 g/mol. The molecule has 0 amide bonds. The number of hydrogen-bond acceptors (Lipinski definition) is 3. The van der Waals surface area contributed by atoms with Gasteiger partial charge in [0.15, 0.2) is 0 Å². The van der Waals surface area contributed by atoms with Crippen LogP contribution < -0.4 is 5.73 Å². The first-order chi connectivity index (χ1) is 9.20. The Labute approximate surface area is 130 Å². The second-order valence-electron chi connectivity index (χ2n) is 4.55. The third-order valence-corrected chi connectivity index (χ3v) is 3.39. The van der Waals surface area contributed by atoms with Crippen LogP contribution in [0.3, 0.4) is 0 Å². The second kappa shape index (κ2) is 8.27. The van der Waals surface area contributed by atoms with Crippen LogP contribution in [0.2, 0.25) is 5.02 Å². The SMILES string of the molecule is Cl.Cn1ncc(Cl)c1CN(CCN)Cc1ccccc1. The van der Waals surface area contributed by atoms with Crippen molar-refractivity contribution >= 4 is 24.0 Å². The number of nitrogens with two attached hydrogens (primary N) is 1. The molecule has 0 bridgehead atoms. The minimum atomic E-state index is 0. The number of aryl methyl sites for hydroxylation is 1. The van der Waals surface area contributed by atoms with Crippen LogP contribution in [0.4, 0.5) is 0 Å². The fourth-order valence-electron chi connectivity index (χ4n) is 2.06. The summed E-state index contributed by atoms with van der Waals surface area (Å²) in [6.45, 7) is 3.07. The molecule has 0 radical (unpaired) electrons. The van der Waals surface area contributed by atoms with Crippen molar-refractivity contribution in [2.45, 2.75) is 13.1 Å². The molecule has 0 unspecified atom stereocenters. The van der Waals surface area contributed by atoms with Gasteiger partial charge < -0.3 is 5.73 Å². The van der Waals surface area contributed by atoms with E-state index in [0.717, 1.165) is 25.3 Å². The first-order valence-electron chi connectivity index (χ1n) is 6.33. The number of nitrogens with zero attached hydrogens (tertiary/aromatic N) is 3. The lowest BCUT2D eigenvalue weighted by atomic mass is 10.2. The molecule has 2 aromatic rings. The largest absolute Gasteiger partial charge is 0.329 e. The molecule has 1 aromatic carbocycles. The Morgan fingerprint density at radius 3 is 2.50 bits per heavy atom. The highest BCUT2D eigenvalue weighted by molar-refractivity contribution is 6.31. The Balaban J connectivity index is 0.00000200. The van der Waals surface area contributed by atoms with Crippen LogP contribution in [0.25, 0.3) is 0 Å². The molecular formula is C14H20Cl2N4. The standard InChI is InChI=1S/C14H19ClN4.ClH/c1-18-14(13(15)9-17-18)11-19(8-7-16)10-12-5-3-2-4-6-12;/h2-6,9H,7-8,10-11,16H2,1H3;1H. The number of halogens is 2. The van der Waals surface area contributed by atoms with E-state index in [9.17, 15) is 0 Å². The maximum atomic E-state index is 6.15. The summed E-state index contributed by atoms with van der Waals surface area (Å²) >= 11 is 6.15. The Kier molecular flexibility index (Phi) is 7.02. The van der Waals surface area contributed by atoms with Gasteiger partial charge >= 0.3 is 0 Å². The zero-order valence-corrected chi connectivity index (χ0v) is 13.1. The fourth-order valence-corrected chi connectivity index (χ4v) is 2.29. The first-order valence-corrected chi connectivity index (χ1v) is 6.71. The van der Waals surface area contributed by atoms with Crippen LogP contribution in [-0.4, -0.2) is 27.8 Å². The van der Waals surface area contributed by atoms with E-state index in [4.69, 9.17) is 17.3 Å². The normalized spacial score (nSPS) is 10.6. The molecule has 2 rings (SSSR count). The number of aromatic nitrogens is 2. The molecule has 0 aliphatic rings. The van der Waals surface area contributed by atoms with Gasteiger partial charge in [0.05, 0.1) is 16.9 Å². The molecule has 0 saturated carbocycles. The predicted molar refractivity (Wildman–Crippen MR) is 85.1 cm³/mol. The molecule has 0 atom stereocenters. The van der Waals surface area contributed by atoms with Gasteiger partial charge in [-0.3, -0.25) is 9.58 Å². The van der Waals surface area contributed by atoms with E-state index < -0.39 is 0 Å². The second-order valence-corrected chi connectivity index (χ2v) is 4.95. The fraction of sp³-hybridized carbons (Fsp3) is 0.357. The number of rotatable bonds is 6. The van der Waals surface area contributed by atoms with Crippen molar-refractivity contribution in [2.75, 3.05) is 13.1 Å². The summed E-state index contributed by atoms with van der Waals surface area (Å²) in [6.07, 6.45) is 1.68. The zero-order valence-electron chi connectivity index (χ0n) is 11.5. The number of benzene rings is 1. The molecule has 0 aliphatic carbocycles. The van der Waals surface area contributed by atoms with Gasteiger partial charge in [-0.05, 0) is 5.56 Å².